The van der Waals surface area contributed by atoms with Gasteiger partial charge in [0.2, 0.25) is 0 Å². The molecule has 0 saturated heterocycles. The Kier molecular flexibility index (Phi) is 3.14. The standard InChI is InChI=1S/C10H14FN3O/c1-3-14(2)9-4-6(10(13)15)8(12)5-7(9)11/h4-5H,3,12H2,1-2H3,(H2,13,15). The number of anilines is 2. The van der Waals surface area contributed by atoms with Crippen LogP contribution in [-0.2, 0) is 0 Å². The summed E-state index contributed by atoms with van der Waals surface area (Å²) in [5.41, 5.74) is 11.1. The summed E-state index contributed by atoms with van der Waals surface area (Å²) >= 11 is 0. The van der Waals surface area contributed by atoms with E-state index in [-0.39, 0.29) is 11.3 Å². The molecule has 4 nitrogen and oxygen atoms in total. The number of amides is 1. The monoisotopic (exact) mass is 211 g/mol. The maximum atomic E-state index is 13.5. The fourth-order valence-electron chi connectivity index (χ4n) is 1.25. The molecule has 5 heteroatoms. The number of hydrogen-bond acceptors (Lipinski definition) is 3. The van der Waals surface area contributed by atoms with Crippen LogP contribution >= 0.6 is 0 Å². The van der Waals surface area contributed by atoms with Gasteiger partial charge in [-0.05, 0) is 19.1 Å². The number of halogens is 1. The molecule has 0 heterocycles. The van der Waals surface area contributed by atoms with Crippen LogP contribution in [0.4, 0.5) is 15.8 Å². The predicted molar refractivity (Wildman–Crippen MR) is 58.3 cm³/mol. The average molecular weight is 211 g/mol. The molecule has 0 aliphatic heterocycles. The first kappa shape index (κ1) is 11.3. The Morgan fingerprint density at radius 3 is 2.60 bits per heavy atom. The molecule has 0 radical (unpaired) electrons. The van der Waals surface area contributed by atoms with Crippen LogP contribution < -0.4 is 16.4 Å². The second kappa shape index (κ2) is 4.16. The topological polar surface area (TPSA) is 72.3 Å². The van der Waals surface area contributed by atoms with Gasteiger partial charge in [0.05, 0.1) is 11.3 Å². The van der Waals surface area contributed by atoms with Crippen molar-refractivity contribution in [2.75, 3.05) is 24.2 Å². The van der Waals surface area contributed by atoms with Gasteiger partial charge in [0.1, 0.15) is 5.82 Å². The normalized spacial score (nSPS) is 10.1. The molecule has 0 unspecified atom stereocenters. The second-order valence-electron chi connectivity index (χ2n) is 3.27. The van der Waals surface area contributed by atoms with Crippen molar-refractivity contribution in [1.82, 2.24) is 0 Å². The summed E-state index contributed by atoms with van der Waals surface area (Å²) in [7, 11) is 1.72. The highest BCUT2D eigenvalue weighted by molar-refractivity contribution is 5.99. The van der Waals surface area contributed by atoms with Crippen molar-refractivity contribution in [1.29, 1.82) is 0 Å². The van der Waals surface area contributed by atoms with E-state index in [1.54, 1.807) is 11.9 Å². The lowest BCUT2D eigenvalue weighted by Gasteiger charge is -2.18. The first-order valence-corrected chi connectivity index (χ1v) is 4.57. The van der Waals surface area contributed by atoms with Crippen LogP contribution in [0.2, 0.25) is 0 Å². The molecule has 1 amide bonds. The second-order valence-corrected chi connectivity index (χ2v) is 3.27. The van der Waals surface area contributed by atoms with Crippen molar-refractivity contribution in [2.24, 2.45) is 5.73 Å². The van der Waals surface area contributed by atoms with Gasteiger partial charge in [-0.3, -0.25) is 4.79 Å². The van der Waals surface area contributed by atoms with E-state index in [4.69, 9.17) is 11.5 Å². The molecular formula is C10H14FN3O. The number of carbonyl (C=O) groups excluding carboxylic acids is 1. The van der Waals surface area contributed by atoms with E-state index in [9.17, 15) is 9.18 Å². The van der Waals surface area contributed by atoms with E-state index in [2.05, 4.69) is 0 Å². The van der Waals surface area contributed by atoms with Crippen LogP contribution in [0, 0.1) is 5.82 Å². The summed E-state index contributed by atoms with van der Waals surface area (Å²) in [5.74, 6) is -1.11. The van der Waals surface area contributed by atoms with E-state index in [1.807, 2.05) is 6.92 Å². The van der Waals surface area contributed by atoms with Gasteiger partial charge >= 0.3 is 0 Å². The largest absolute Gasteiger partial charge is 0.398 e. The molecule has 0 spiro atoms. The number of carbonyl (C=O) groups is 1. The number of nitrogen functional groups attached to an aromatic ring is 1. The highest BCUT2D eigenvalue weighted by atomic mass is 19.1. The van der Waals surface area contributed by atoms with Gasteiger partial charge in [0, 0.05) is 19.3 Å². The van der Waals surface area contributed by atoms with Crippen molar-refractivity contribution in [3.8, 4) is 0 Å². The minimum atomic E-state index is -0.654. The maximum Gasteiger partial charge on any atom is 0.250 e. The van der Waals surface area contributed by atoms with Gasteiger partial charge in [-0.25, -0.2) is 4.39 Å². The predicted octanol–water partition coefficient (Wildman–Crippen LogP) is 0.963. The molecule has 0 aliphatic rings. The summed E-state index contributed by atoms with van der Waals surface area (Å²) in [4.78, 5) is 12.7. The van der Waals surface area contributed by atoms with Crippen LogP contribution in [0.5, 0.6) is 0 Å². The molecular weight excluding hydrogens is 197 g/mol. The smallest absolute Gasteiger partial charge is 0.250 e. The van der Waals surface area contributed by atoms with Crippen molar-refractivity contribution in [2.45, 2.75) is 6.92 Å². The third-order valence-electron chi connectivity index (χ3n) is 2.27. The van der Waals surface area contributed by atoms with Crippen LogP contribution in [-0.4, -0.2) is 19.5 Å². The van der Waals surface area contributed by atoms with Crippen LogP contribution in [0.1, 0.15) is 17.3 Å². The first-order chi connectivity index (χ1) is 6.97. The fourth-order valence-corrected chi connectivity index (χ4v) is 1.25. The van der Waals surface area contributed by atoms with Gasteiger partial charge in [-0.1, -0.05) is 0 Å². The van der Waals surface area contributed by atoms with Gasteiger partial charge in [-0.2, -0.15) is 0 Å². The third kappa shape index (κ3) is 2.18. The molecule has 0 bridgehead atoms. The van der Waals surface area contributed by atoms with E-state index < -0.39 is 11.7 Å². The minimum absolute atomic E-state index is 0.0632. The Balaban J connectivity index is 3.29. The van der Waals surface area contributed by atoms with Crippen molar-refractivity contribution in [3.63, 3.8) is 0 Å². The highest BCUT2D eigenvalue weighted by Gasteiger charge is 2.13. The van der Waals surface area contributed by atoms with Crippen LogP contribution in [0.3, 0.4) is 0 Å². The molecule has 0 aliphatic carbocycles. The lowest BCUT2D eigenvalue weighted by Crippen LogP contribution is -2.20. The summed E-state index contributed by atoms with van der Waals surface area (Å²) in [6, 6.07) is 2.48. The molecule has 1 aromatic rings. The lowest BCUT2D eigenvalue weighted by molar-refractivity contribution is 0.100. The zero-order valence-electron chi connectivity index (χ0n) is 8.75. The van der Waals surface area contributed by atoms with E-state index in [0.29, 0.717) is 12.2 Å². The van der Waals surface area contributed by atoms with E-state index in [0.717, 1.165) is 6.07 Å². The van der Waals surface area contributed by atoms with Crippen molar-refractivity contribution < 1.29 is 9.18 Å². The first-order valence-electron chi connectivity index (χ1n) is 4.57. The van der Waals surface area contributed by atoms with E-state index in [1.165, 1.54) is 6.07 Å². The number of benzene rings is 1. The Bertz CT molecular complexity index is 392. The zero-order chi connectivity index (χ0) is 11.6. The number of nitrogens with zero attached hydrogens (tertiary/aromatic N) is 1. The van der Waals surface area contributed by atoms with Gasteiger partial charge in [0.25, 0.3) is 5.91 Å². The Labute approximate surface area is 87.7 Å². The third-order valence-corrected chi connectivity index (χ3v) is 2.27. The summed E-state index contributed by atoms with van der Waals surface area (Å²) in [6.45, 7) is 2.50. The molecule has 1 rings (SSSR count). The zero-order valence-corrected chi connectivity index (χ0v) is 8.75. The molecule has 0 saturated carbocycles. The number of hydrogen-bond donors (Lipinski definition) is 2. The summed E-state index contributed by atoms with van der Waals surface area (Å²) < 4.78 is 13.5. The molecule has 82 valence electrons. The quantitative estimate of drug-likeness (QED) is 0.731. The average Bonchev–Trinajstić information content (AvgIpc) is 2.16. The molecule has 0 atom stereocenters. The van der Waals surface area contributed by atoms with Gasteiger partial charge in [-0.15, -0.1) is 0 Å². The highest BCUT2D eigenvalue weighted by Crippen LogP contribution is 2.24. The molecule has 0 aromatic heterocycles. The molecule has 15 heavy (non-hydrogen) atoms. The minimum Gasteiger partial charge on any atom is -0.398 e. The van der Waals surface area contributed by atoms with Crippen LogP contribution in [0.25, 0.3) is 0 Å². The van der Waals surface area contributed by atoms with Crippen molar-refractivity contribution in [3.05, 3.63) is 23.5 Å². The van der Waals surface area contributed by atoms with Gasteiger partial charge < -0.3 is 16.4 Å². The number of primary amides is 1. The summed E-state index contributed by atoms with van der Waals surface area (Å²) in [5, 5.41) is 0. The fraction of sp³-hybridized carbons (Fsp3) is 0.300. The lowest BCUT2D eigenvalue weighted by atomic mass is 10.1. The number of nitrogens with two attached hydrogens (primary N) is 2. The Hall–Kier alpha value is -1.78. The molecule has 4 N–H and O–H groups in total. The SMILES string of the molecule is CCN(C)c1cc(C(N)=O)c(N)cc1F. The maximum absolute atomic E-state index is 13.5. The Morgan fingerprint density at radius 1 is 1.53 bits per heavy atom. The summed E-state index contributed by atoms with van der Waals surface area (Å²) in [6.07, 6.45) is 0. The molecule has 1 aromatic carbocycles. The van der Waals surface area contributed by atoms with Crippen LogP contribution in [0.15, 0.2) is 12.1 Å². The van der Waals surface area contributed by atoms with E-state index >= 15 is 0 Å². The van der Waals surface area contributed by atoms with Gasteiger partial charge in [0.15, 0.2) is 0 Å². The van der Waals surface area contributed by atoms with Crippen molar-refractivity contribution >= 4 is 17.3 Å². The Morgan fingerprint density at radius 2 is 2.13 bits per heavy atom. The molecule has 0 fully saturated rings. The number of rotatable bonds is 3.